The third-order valence-corrected chi connectivity index (χ3v) is 5.04. The fourth-order valence-electron chi connectivity index (χ4n) is 2.49. The van der Waals surface area contributed by atoms with Gasteiger partial charge in [-0.3, -0.25) is 0 Å². The molecule has 0 bridgehead atoms. The van der Waals surface area contributed by atoms with Crippen LogP contribution in [0.3, 0.4) is 0 Å². The van der Waals surface area contributed by atoms with Crippen LogP contribution in [0, 0.1) is 0 Å². The zero-order valence-corrected chi connectivity index (χ0v) is 15.9. The average Bonchev–Trinajstić information content (AvgIpc) is 2.44. The van der Waals surface area contributed by atoms with E-state index in [0.717, 1.165) is 34.4 Å². The van der Waals surface area contributed by atoms with E-state index in [4.69, 9.17) is 4.74 Å². The lowest BCUT2D eigenvalue weighted by atomic mass is 10.1. The number of rotatable bonds is 3. The molecule has 0 atom stereocenters. The van der Waals surface area contributed by atoms with Crippen LogP contribution >= 0.6 is 27.7 Å². The van der Waals surface area contributed by atoms with Crippen molar-refractivity contribution in [3.8, 4) is 0 Å². The van der Waals surface area contributed by atoms with Crippen LogP contribution in [0.25, 0.3) is 0 Å². The van der Waals surface area contributed by atoms with E-state index in [-0.39, 0.29) is 12.1 Å². The molecule has 122 valence electrons. The molecule has 0 aliphatic carbocycles. The van der Waals surface area contributed by atoms with Crippen molar-refractivity contribution < 1.29 is 9.53 Å². The molecule has 1 aliphatic heterocycles. The Morgan fingerprint density at radius 2 is 2.05 bits per heavy atom. The minimum Gasteiger partial charge on any atom is -0.444 e. The monoisotopic (exact) mass is 385 g/mol. The summed E-state index contributed by atoms with van der Waals surface area (Å²) in [5, 5.41) is 0. The van der Waals surface area contributed by atoms with Gasteiger partial charge in [0, 0.05) is 17.1 Å². The molecular weight excluding hydrogens is 362 g/mol. The minimum absolute atomic E-state index is 0.204. The molecule has 1 amide bonds. The number of hydrogen-bond acceptors (Lipinski definition) is 3. The van der Waals surface area contributed by atoms with Crippen molar-refractivity contribution >= 4 is 33.8 Å². The van der Waals surface area contributed by atoms with Gasteiger partial charge in [0.2, 0.25) is 0 Å². The topological polar surface area (TPSA) is 29.5 Å². The van der Waals surface area contributed by atoms with Gasteiger partial charge < -0.3 is 9.64 Å². The van der Waals surface area contributed by atoms with Crippen LogP contribution in [0.5, 0.6) is 0 Å². The van der Waals surface area contributed by atoms with Gasteiger partial charge >= 0.3 is 6.09 Å². The fraction of sp³-hybridized carbons (Fsp3) is 0.588. The molecule has 0 aromatic heterocycles. The van der Waals surface area contributed by atoms with Crippen LogP contribution in [-0.4, -0.2) is 34.1 Å². The number of ether oxygens (including phenoxy) is 1. The van der Waals surface area contributed by atoms with E-state index in [1.54, 1.807) is 0 Å². The second-order valence-electron chi connectivity index (χ2n) is 6.58. The Bertz CT molecular complexity index is 510. The fourth-order valence-corrected chi connectivity index (χ4v) is 4.02. The Morgan fingerprint density at radius 3 is 2.64 bits per heavy atom. The highest BCUT2D eigenvalue weighted by molar-refractivity contribution is 9.10. The van der Waals surface area contributed by atoms with Crippen LogP contribution < -0.4 is 0 Å². The third kappa shape index (κ3) is 5.51. The van der Waals surface area contributed by atoms with E-state index in [0.29, 0.717) is 6.54 Å². The van der Waals surface area contributed by atoms with Crippen LogP contribution in [0.1, 0.15) is 39.2 Å². The van der Waals surface area contributed by atoms with Crippen LogP contribution in [0.4, 0.5) is 4.79 Å². The lowest BCUT2D eigenvalue weighted by molar-refractivity contribution is 0.0130. The molecule has 1 saturated heterocycles. The lowest BCUT2D eigenvalue weighted by Gasteiger charge is -2.35. The van der Waals surface area contributed by atoms with Gasteiger partial charge in [-0.2, -0.15) is 11.8 Å². The van der Waals surface area contributed by atoms with Gasteiger partial charge in [-0.15, -0.1) is 0 Å². The maximum absolute atomic E-state index is 12.6. The smallest absolute Gasteiger partial charge is 0.410 e. The first-order chi connectivity index (χ1) is 10.3. The lowest BCUT2D eigenvalue weighted by Crippen LogP contribution is -2.44. The van der Waals surface area contributed by atoms with E-state index in [9.17, 15) is 4.79 Å². The Labute approximate surface area is 145 Å². The van der Waals surface area contributed by atoms with Crippen molar-refractivity contribution in [2.45, 2.75) is 51.8 Å². The summed E-state index contributed by atoms with van der Waals surface area (Å²) in [5.74, 6) is 2.23. The summed E-state index contributed by atoms with van der Waals surface area (Å²) in [6, 6.07) is 8.39. The molecule has 1 aromatic rings. The van der Waals surface area contributed by atoms with Gasteiger partial charge in [0.25, 0.3) is 0 Å². The van der Waals surface area contributed by atoms with Gasteiger partial charge in [-0.25, -0.2) is 4.79 Å². The largest absolute Gasteiger partial charge is 0.444 e. The zero-order valence-electron chi connectivity index (χ0n) is 13.5. The first-order valence-electron chi connectivity index (χ1n) is 7.67. The van der Waals surface area contributed by atoms with Crippen molar-refractivity contribution in [3.63, 3.8) is 0 Å². The number of amides is 1. The molecule has 22 heavy (non-hydrogen) atoms. The SMILES string of the molecule is CC(C)(C)OC(=O)N(Cc1cccc(Br)c1)C1CCSCC1. The third-order valence-electron chi connectivity index (χ3n) is 3.50. The quantitative estimate of drug-likeness (QED) is 0.726. The van der Waals surface area contributed by atoms with Crippen molar-refractivity contribution in [1.29, 1.82) is 0 Å². The molecule has 1 aliphatic rings. The molecule has 0 N–H and O–H groups in total. The van der Waals surface area contributed by atoms with E-state index < -0.39 is 5.60 Å². The average molecular weight is 386 g/mol. The molecule has 0 saturated carbocycles. The predicted octanol–water partition coefficient (Wildman–Crippen LogP) is 5.08. The van der Waals surface area contributed by atoms with E-state index >= 15 is 0 Å². The number of benzene rings is 1. The summed E-state index contributed by atoms with van der Waals surface area (Å²) >= 11 is 5.46. The molecular formula is C17H24BrNO2S. The summed E-state index contributed by atoms with van der Waals surface area (Å²) in [5.41, 5.74) is 0.661. The molecule has 1 fully saturated rings. The van der Waals surface area contributed by atoms with E-state index in [2.05, 4.69) is 28.1 Å². The van der Waals surface area contributed by atoms with Crippen LogP contribution in [0.2, 0.25) is 0 Å². The van der Waals surface area contributed by atoms with Crippen molar-refractivity contribution in [2.24, 2.45) is 0 Å². The van der Waals surface area contributed by atoms with Crippen molar-refractivity contribution in [3.05, 3.63) is 34.3 Å². The van der Waals surface area contributed by atoms with Gasteiger partial charge in [-0.1, -0.05) is 28.1 Å². The highest BCUT2D eigenvalue weighted by Crippen LogP contribution is 2.25. The number of carbonyl (C=O) groups excluding carboxylic acids is 1. The molecule has 3 nitrogen and oxygen atoms in total. The highest BCUT2D eigenvalue weighted by Gasteiger charge is 2.29. The normalized spacial score (nSPS) is 16.4. The van der Waals surface area contributed by atoms with E-state index in [1.807, 2.05) is 49.6 Å². The van der Waals surface area contributed by atoms with Gasteiger partial charge in [-0.05, 0) is 62.8 Å². The number of halogens is 1. The Kier molecular flexibility index (Phi) is 6.21. The summed E-state index contributed by atoms with van der Waals surface area (Å²) in [6.07, 6.45) is 1.87. The Balaban J connectivity index is 2.15. The van der Waals surface area contributed by atoms with Gasteiger partial charge in [0.05, 0.1) is 0 Å². The highest BCUT2D eigenvalue weighted by atomic mass is 79.9. The number of nitrogens with zero attached hydrogens (tertiary/aromatic N) is 1. The van der Waals surface area contributed by atoms with Crippen molar-refractivity contribution in [2.75, 3.05) is 11.5 Å². The Hall–Kier alpha value is -0.680. The molecule has 0 radical (unpaired) electrons. The van der Waals surface area contributed by atoms with Gasteiger partial charge in [0.1, 0.15) is 5.60 Å². The van der Waals surface area contributed by atoms with E-state index in [1.165, 1.54) is 0 Å². The Morgan fingerprint density at radius 1 is 1.36 bits per heavy atom. The maximum atomic E-state index is 12.6. The summed E-state index contributed by atoms with van der Waals surface area (Å²) in [4.78, 5) is 14.5. The molecule has 0 unspecified atom stereocenters. The first-order valence-corrected chi connectivity index (χ1v) is 9.62. The number of thioether (sulfide) groups is 1. The molecule has 1 aromatic carbocycles. The van der Waals surface area contributed by atoms with Crippen LogP contribution in [-0.2, 0) is 11.3 Å². The summed E-state index contributed by atoms with van der Waals surface area (Å²) in [7, 11) is 0. The maximum Gasteiger partial charge on any atom is 0.410 e. The molecule has 5 heteroatoms. The number of carbonyl (C=O) groups is 1. The van der Waals surface area contributed by atoms with Crippen LogP contribution in [0.15, 0.2) is 28.7 Å². The standard InChI is InChI=1S/C17H24BrNO2S/c1-17(2,3)21-16(20)19(15-7-9-22-10-8-15)12-13-5-4-6-14(18)11-13/h4-6,11,15H,7-10,12H2,1-3H3. The summed E-state index contributed by atoms with van der Waals surface area (Å²) < 4.78 is 6.66. The first kappa shape index (κ1) is 17.7. The van der Waals surface area contributed by atoms with Gasteiger partial charge in [0.15, 0.2) is 0 Å². The van der Waals surface area contributed by atoms with Crippen molar-refractivity contribution in [1.82, 2.24) is 4.90 Å². The second kappa shape index (κ2) is 7.73. The molecule has 0 spiro atoms. The molecule has 2 rings (SSSR count). The second-order valence-corrected chi connectivity index (χ2v) is 8.72. The molecule has 1 heterocycles. The number of hydrogen-bond donors (Lipinski definition) is 0. The minimum atomic E-state index is -0.462. The summed E-state index contributed by atoms with van der Waals surface area (Å²) in [6.45, 7) is 6.35. The zero-order chi connectivity index (χ0) is 16.2. The predicted molar refractivity (Wildman–Crippen MR) is 96.3 cm³/mol.